The molecule has 0 saturated heterocycles. The Bertz CT molecular complexity index is 349. The highest BCUT2D eigenvalue weighted by atomic mass is 15.1. The fraction of sp³-hybridized carbons (Fsp3) is 0.500. The molecule has 0 spiro atoms. The SMILES string of the molecule is C=CCNCC(C)N(C)Cc1cccc(C)n1. The number of likely N-dealkylation sites (N-methyl/N-ethyl adjacent to an activating group) is 1. The minimum Gasteiger partial charge on any atom is -0.312 e. The van der Waals surface area contributed by atoms with Gasteiger partial charge in [0.2, 0.25) is 0 Å². The molecule has 0 aromatic carbocycles. The summed E-state index contributed by atoms with van der Waals surface area (Å²) in [7, 11) is 2.13. The van der Waals surface area contributed by atoms with E-state index in [1.165, 1.54) is 0 Å². The highest BCUT2D eigenvalue weighted by Crippen LogP contribution is 2.04. The van der Waals surface area contributed by atoms with Crippen LogP contribution in [0.4, 0.5) is 0 Å². The highest BCUT2D eigenvalue weighted by molar-refractivity contribution is 5.09. The lowest BCUT2D eigenvalue weighted by Crippen LogP contribution is -2.37. The Morgan fingerprint density at radius 3 is 2.94 bits per heavy atom. The van der Waals surface area contributed by atoms with E-state index in [1.807, 2.05) is 19.1 Å². The van der Waals surface area contributed by atoms with Gasteiger partial charge >= 0.3 is 0 Å². The summed E-state index contributed by atoms with van der Waals surface area (Å²) >= 11 is 0. The molecule has 94 valence electrons. The number of nitrogens with one attached hydrogen (secondary N) is 1. The smallest absolute Gasteiger partial charge is 0.0547 e. The molecular weight excluding hydrogens is 210 g/mol. The molecule has 1 rings (SSSR count). The molecule has 3 heteroatoms. The lowest BCUT2D eigenvalue weighted by Gasteiger charge is -2.24. The lowest BCUT2D eigenvalue weighted by atomic mass is 10.2. The molecule has 3 nitrogen and oxygen atoms in total. The van der Waals surface area contributed by atoms with Crippen LogP contribution in [0.1, 0.15) is 18.3 Å². The summed E-state index contributed by atoms with van der Waals surface area (Å²) in [6.07, 6.45) is 1.88. The molecule has 1 aromatic heterocycles. The Morgan fingerprint density at radius 1 is 1.53 bits per heavy atom. The molecule has 0 radical (unpaired) electrons. The molecule has 0 aliphatic heterocycles. The van der Waals surface area contributed by atoms with E-state index in [0.717, 1.165) is 31.0 Å². The number of nitrogens with zero attached hydrogens (tertiary/aromatic N) is 2. The first-order chi connectivity index (χ1) is 8.13. The van der Waals surface area contributed by atoms with Gasteiger partial charge in [-0.05, 0) is 33.0 Å². The summed E-state index contributed by atoms with van der Waals surface area (Å²) in [5, 5.41) is 3.33. The summed E-state index contributed by atoms with van der Waals surface area (Å²) in [5.41, 5.74) is 2.21. The normalized spacial score (nSPS) is 12.7. The lowest BCUT2D eigenvalue weighted by molar-refractivity contribution is 0.242. The molecule has 1 aromatic rings. The van der Waals surface area contributed by atoms with E-state index in [-0.39, 0.29) is 0 Å². The van der Waals surface area contributed by atoms with E-state index in [2.05, 4.69) is 47.9 Å². The second-order valence-corrected chi connectivity index (χ2v) is 4.48. The van der Waals surface area contributed by atoms with Crippen molar-refractivity contribution in [2.24, 2.45) is 0 Å². The first-order valence-electron chi connectivity index (χ1n) is 6.08. The number of hydrogen-bond donors (Lipinski definition) is 1. The van der Waals surface area contributed by atoms with Crippen molar-refractivity contribution in [3.63, 3.8) is 0 Å². The number of aryl methyl sites for hydroxylation is 1. The van der Waals surface area contributed by atoms with Gasteiger partial charge in [-0.1, -0.05) is 12.1 Å². The summed E-state index contributed by atoms with van der Waals surface area (Å²) in [6.45, 7) is 10.7. The van der Waals surface area contributed by atoms with Crippen molar-refractivity contribution >= 4 is 0 Å². The van der Waals surface area contributed by atoms with Crippen LogP contribution in [0.2, 0.25) is 0 Å². The van der Waals surface area contributed by atoms with Crippen molar-refractivity contribution in [3.8, 4) is 0 Å². The van der Waals surface area contributed by atoms with Gasteiger partial charge in [0.15, 0.2) is 0 Å². The zero-order valence-corrected chi connectivity index (χ0v) is 11.1. The molecule has 0 fully saturated rings. The Kier molecular flexibility index (Phi) is 5.87. The molecule has 0 amide bonds. The van der Waals surface area contributed by atoms with E-state index >= 15 is 0 Å². The van der Waals surface area contributed by atoms with Gasteiger partial charge in [-0.25, -0.2) is 0 Å². The van der Waals surface area contributed by atoms with Crippen LogP contribution >= 0.6 is 0 Å². The van der Waals surface area contributed by atoms with Crippen molar-refractivity contribution in [2.75, 3.05) is 20.1 Å². The van der Waals surface area contributed by atoms with Crippen LogP contribution in [0, 0.1) is 6.92 Å². The number of pyridine rings is 1. The molecule has 1 N–H and O–H groups in total. The zero-order chi connectivity index (χ0) is 12.7. The third kappa shape index (κ3) is 5.11. The monoisotopic (exact) mass is 233 g/mol. The van der Waals surface area contributed by atoms with Crippen molar-refractivity contribution in [1.82, 2.24) is 15.2 Å². The van der Waals surface area contributed by atoms with Gasteiger partial charge < -0.3 is 5.32 Å². The molecule has 0 aliphatic carbocycles. The van der Waals surface area contributed by atoms with Gasteiger partial charge in [0, 0.05) is 31.4 Å². The minimum atomic E-state index is 0.484. The van der Waals surface area contributed by atoms with Crippen molar-refractivity contribution in [3.05, 3.63) is 42.2 Å². The number of aromatic nitrogens is 1. The van der Waals surface area contributed by atoms with Crippen LogP contribution < -0.4 is 5.32 Å². The van der Waals surface area contributed by atoms with Gasteiger partial charge in [0.1, 0.15) is 0 Å². The van der Waals surface area contributed by atoms with Gasteiger partial charge in [0.25, 0.3) is 0 Å². The predicted molar refractivity (Wildman–Crippen MR) is 73.0 cm³/mol. The molecule has 0 saturated carbocycles. The Labute approximate surface area is 105 Å². The van der Waals surface area contributed by atoms with Crippen LogP contribution in [-0.2, 0) is 6.54 Å². The molecular formula is C14H23N3. The molecule has 1 heterocycles. The number of rotatable bonds is 7. The minimum absolute atomic E-state index is 0.484. The largest absolute Gasteiger partial charge is 0.312 e. The van der Waals surface area contributed by atoms with Crippen LogP contribution in [-0.4, -0.2) is 36.1 Å². The summed E-state index contributed by atoms with van der Waals surface area (Å²) in [4.78, 5) is 6.82. The standard InChI is InChI=1S/C14H23N3/c1-5-9-15-10-13(3)17(4)11-14-8-6-7-12(2)16-14/h5-8,13,15H,1,9-11H2,2-4H3. The quantitative estimate of drug-likeness (QED) is 0.576. The fourth-order valence-corrected chi connectivity index (χ4v) is 1.65. The van der Waals surface area contributed by atoms with Crippen molar-refractivity contribution < 1.29 is 0 Å². The summed E-state index contributed by atoms with van der Waals surface area (Å²) < 4.78 is 0. The summed E-state index contributed by atoms with van der Waals surface area (Å²) in [5.74, 6) is 0. The maximum Gasteiger partial charge on any atom is 0.0547 e. The van der Waals surface area contributed by atoms with Crippen LogP contribution in [0.5, 0.6) is 0 Å². The van der Waals surface area contributed by atoms with Crippen LogP contribution in [0.25, 0.3) is 0 Å². The fourth-order valence-electron chi connectivity index (χ4n) is 1.65. The third-order valence-corrected chi connectivity index (χ3v) is 2.84. The van der Waals surface area contributed by atoms with Gasteiger partial charge in [-0.3, -0.25) is 9.88 Å². The van der Waals surface area contributed by atoms with Gasteiger partial charge in [0.05, 0.1) is 5.69 Å². The van der Waals surface area contributed by atoms with Crippen molar-refractivity contribution in [2.45, 2.75) is 26.4 Å². The van der Waals surface area contributed by atoms with E-state index in [1.54, 1.807) is 0 Å². The first-order valence-corrected chi connectivity index (χ1v) is 6.08. The molecule has 1 unspecified atom stereocenters. The van der Waals surface area contributed by atoms with Gasteiger partial charge in [-0.15, -0.1) is 6.58 Å². The second kappa shape index (κ2) is 7.20. The maximum atomic E-state index is 4.51. The molecule has 17 heavy (non-hydrogen) atoms. The predicted octanol–water partition coefficient (Wildman–Crippen LogP) is 1.99. The third-order valence-electron chi connectivity index (χ3n) is 2.84. The Balaban J connectivity index is 2.42. The van der Waals surface area contributed by atoms with E-state index in [0.29, 0.717) is 6.04 Å². The van der Waals surface area contributed by atoms with Crippen LogP contribution in [0.15, 0.2) is 30.9 Å². The van der Waals surface area contributed by atoms with E-state index < -0.39 is 0 Å². The van der Waals surface area contributed by atoms with Gasteiger partial charge in [-0.2, -0.15) is 0 Å². The molecule has 1 atom stereocenters. The van der Waals surface area contributed by atoms with E-state index in [4.69, 9.17) is 0 Å². The highest BCUT2D eigenvalue weighted by Gasteiger charge is 2.09. The molecule has 0 aliphatic rings. The second-order valence-electron chi connectivity index (χ2n) is 4.48. The molecule has 0 bridgehead atoms. The Morgan fingerprint density at radius 2 is 2.29 bits per heavy atom. The van der Waals surface area contributed by atoms with Crippen LogP contribution in [0.3, 0.4) is 0 Å². The summed E-state index contributed by atoms with van der Waals surface area (Å²) in [6, 6.07) is 6.65. The zero-order valence-electron chi connectivity index (χ0n) is 11.1. The van der Waals surface area contributed by atoms with Crippen molar-refractivity contribution in [1.29, 1.82) is 0 Å². The topological polar surface area (TPSA) is 28.2 Å². The van der Waals surface area contributed by atoms with E-state index in [9.17, 15) is 0 Å². The average molecular weight is 233 g/mol. The maximum absolute atomic E-state index is 4.51. The number of hydrogen-bond acceptors (Lipinski definition) is 3. The first kappa shape index (κ1) is 13.9. The average Bonchev–Trinajstić information content (AvgIpc) is 2.29. The Hall–Kier alpha value is -1.19.